The number of alkyl carbamates (subject to hydrolysis) is 1. The quantitative estimate of drug-likeness (QED) is 0.289. The number of carbonyl (C=O) groups is 3. The minimum Gasteiger partial charge on any atom is -0.477 e. The number of aromatic nitrogens is 2. The lowest BCUT2D eigenvalue weighted by molar-refractivity contribution is 0.0522. The summed E-state index contributed by atoms with van der Waals surface area (Å²) in [5, 5.41) is 15.1. The first-order valence-corrected chi connectivity index (χ1v) is 13.1. The number of benzene rings is 1. The molecule has 0 bridgehead atoms. The topological polar surface area (TPSA) is 157 Å². The summed E-state index contributed by atoms with van der Waals surface area (Å²) in [5.41, 5.74) is 9.77. The minimum absolute atomic E-state index is 0.0524. The molecule has 0 saturated heterocycles. The van der Waals surface area contributed by atoms with Crippen LogP contribution in [0.2, 0.25) is 0 Å². The molecule has 10 nitrogen and oxygen atoms in total. The maximum absolute atomic E-state index is 13.3. The zero-order valence-corrected chi connectivity index (χ0v) is 23.8. The molecule has 0 aliphatic heterocycles. The van der Waals surface area contributed by atoms with Crippen LogP contribution in [-0.2, 0) is 24.2 Å². The van der Waals surface area contributed by atoms with Gasteiger partial charge in [0.05, 0.1) is 11.4 Å². The Morgan fingerprint density at radius 3 is 2.25 bits per heavy atom. The minimum atomic E-state index is -1.23. The number of pyridine rings is 2. The van der Waals surface area contributed by atoms with Gasteiger partial charge in [0.1, 0.15) is 17.0 Å². The first-order valence-electron chi connectivity index (χ1n) is 13.1. The van der Waals surface area contributed by atoms with Gasteiger partial charge in [-0.15, -0.1) is 0 Å². The van der Waals surface area contributed by atoms with E-state index in [0.717, 1.165) is 22.4 Å². The zero-order chi connectivity index (χ0) is 29.6. The van der Waals surface area contributed by atoms with Crippen molar-refractivity contribution >= 4 is 23.7 Å². The second-order valence-corrected chi connectivity index (χ2v) is 10.9. The van der Waals surface area contributed by atoms with Crippen LogP contribution in [-0.4, -0.2) is 38.6 Å². The maximum Gasteiger partial charge on any atom is 0.407 e. The van der Waals surface area contributed by atoms with Crippen LogP contribution in [0.4, 0.5) is 10.5 Å². The number of nitrogens with one attached hydrogen (secondary N) is 2. The summed E-state index contributed by atoms with van der Waals surface area (Å²) in [6, 6.07) is 11.8. The number of nitrogens with zero attached hydrogens (tertiary/aromatic N) is 2. The lowest BCUT2D eigenvalue weighted by Crippen LogP contribution is -2.32. The molecule has 212 valence electrons. The van der Waals surface area contributed by atoms with Crippen LogP contribution < -0.4 is 16.4 Å². The Balaban J connectivity index is 2.18. The van der Waals surface area contributed by atoms with Gasteiger partial charge < -0.3 is 26.2 Å². The van der Waals surface area contributed by atoms with Crippen LogP contribution in [0.15, 0.2) is 42.5 Å². The van der Waals surface area contributed by atoms with Crippen molar-refractivity contribution in [3.8, 4) is 11.1 Å². The van der Waals surface area contributed by atoms with Crippen LogP contribution >= 0.6 is 0 Å². The van der Waals surface area contributed by atoms with E-state index in [9.17, 15) is 19.5 Å². The Morgan fingerprint density at radius 2 is 1.68 bits per heavy atom. The highest BCUT2D eigenvalue weighted by Gasteiger charge is 2.24. The SMILES string of the molecule is Cc1nc(CC(C)C)c(CNC(=O)OC(C)(C)C)c(-c2ccc(CN)cc2)c1NC(=O)c1cccc(C(=O)O)n1. The van der Waals surface area contributed by atoms with Crippen molar-refractivity contribution in [1.82, 2.24) is 15.3 Å². The predicted octanol–water partition coefficient (Wildman–Crippen LogP) is 5.08. The van der Waals surface area contributed by atoms with E-state index in [2.05, 4.69) is 29.5 Å². The number of ether oxygens (including phenoxy) is 1. The second-order valence-electron chi connectivity index (χ2n) is 10.9. The summed E-state index contributed by atoms with van der Waals surface area (Å²) in [5.74, 6) is -1.56. The number of nitrogens with two attached hydrogens (primary N) is 1. The number of carbonyl (C=O) groups excluding carboxylic acids is 2. The summed E-state index contributed by atoms with van der Waals surface area (Å²) in [7, 11) is 0. The van der Waals surface area contributed by atoms with E-state index in [1.54, 1.807) is 27.7 Å². The average molecular weight is 548 g/mol. The van der Waals surface area contributed by atoms with Crippen molar-refractivity contribution in [1.29, 1.82) is 0 Å². The molecule has 1 aromatic carbocycles. The Morgan fingerprint density at radius 1 is 1.02 bits per heavy atom. The highest BCUT2D eigenvalue weighted by molar-refractivity contribution is 6.06. The fraction of sp³-hybridized carbons (Fsp3) is 0.367. The van der Waals surface area contributed by atoms with Crippen LogP contribution in [0.25, 0.3) is 11.1 Å². The number of rotatable bonds is 9. The van der Waals surface area contributed by atoms with Crippen LogP contribution in [0.3, 0.4) is 0 Å². The summed E-state index contributed by atoms with van der Waals surface area (Å²) in [6.45, 7) is 11.8. The zero-order valence-electron chi connectivity index (χ0n) is 23.8. The first kappa shape index (κ1) is 30.2. The monoisotopic (exact) mass is 547 g/mol. The third-order valence-corrected chi connectivity index (χ3v) is 5.89. The van der Waals surface area contributed by atoms with E-state index >= 15 is 0 Å². The molecule has 3 rings (SSSR count). The van der Waals surface area contributed by atoms with Crippen molar-refractivity contribution in [2.24, 2.45) is 11.7 Å². The van der Waals surface area contributed by atoms with E-state index in [0.29, 0.717) is 29.9 Å². The Labute approximate surface area is 234 Å². The van der Waals surface area contributed by atoms with Gasteiger partial charge in [-0.25, -0.2) is 14.6 Å². The third-order valence-electron chi connectivity index (χ3n) is 5.89. The van der Waals surface area contributed by atoms with Crippen LogP contribution in [0.1, 0.15) is 78.1 Å². The Hall–Kier alpha value is -4.31. The number of aryl methyl sites for hydroxylation is 1. The fourth-order valence-corrected chi connectivity index (χ4v) is 4.16. The number of anilines is 1. The van der Waals surface area contributed by atoms with Gasteiger partial charge in [-0.05, 0) is 63.3 Å². The maximum atomic E-state index is 13.3. The van der Waals surface area contributed by atoms with Crippen LogP contribution in [0, 0.1) is 12.8 Å². The molecule has 0 unspecified atom stereocenters. The van der Waals surface area contributed by atoms with Crippen molar-refractivity contribution < 1.29 is 24.2 Å². The first-order chi connectivity index (χ1) is 18.8. The molecule has 0 radical (unpaired) electrons. The molecule has 0 atom stereocenters. The summed E-state index contributed by atoms with van der Waals surface area (Å²) < 4.78 is 5.45. The molecule has 0 fully saturated rings. The molecule has 2 amide bonds. The van der Waals surface area contributed by atoms with Gasteiger partial charge in [0, 0.05) is 29.9 Å². The van der Waals surface area contributed by atoms with Gasteiger partial charge in [-0.2, -0.15) is 0 Å². The van der Waals surface area contributed by atoms with Gasteiger partial charge in [0.25, 0.3) is 5.91 Å². The number of carboxylic acids is 1. The van der Waals surface area contributed by atoms with Crippen molar-refractivity contribution in [3.63, 3.8) is 0 Å². The standard InChI is InChI=1S/C30H37N5O5/c1-17(2)14-24-21(16-32-29(39)40-30(4,5)6)25(20-12-10-19(15-31)11-13-20)26(18(3)33-24)35-27(36)22-8-7-9-23(34-22)28(37)38/h7-13,17H,14-16,31H2,1-6H3,(H,32,39)(H,35,36)(H,37,38). The number of hydrogen-bond donors (Lipinski definition) is 4. The van der Waals surface area contributed by atoms with E-state index in [-0.39, 0.29) is 23.9 Å². The average Bonchev–Trinajstić information content (AvgIpc) is 2.88. The fourth-order valence-electron chi connectivity index (χ4n) is 4.16. The van der Waals surface area contributed by atoms with Crippen LogP contribution in [0.5, 0.6) is 0 Å². The third kappa shape index (κ3) is 7.86. The number of hydrogen-bond acceptors (Lipinski definition) is 7. The van der Waals surface area contributed by atoms with Crippen molar-refractivity contribution in [3.05, 3.63) is 76.4 Å². The van der Waals surface area contributed by atoms with Crippen molar-refractivity contribution in [2.75, 3.05) is 5.32 Å². The van der Waals surface area contributed by atoms with Gasteiger partial charge in [0.2, 0.25) is 0 Å². The Bertz CT molecular complexity index is 1390. The summed E-state index contributed by atoms with van der Waals surface area (Å²) in [4.78, 5) is 46.1. The molecule has 0 saturated carbocycles. The molecule has 2 aromatic heterocycles. The second kappa shape index (κ2) is 12.7. The van der Waals surface area contributed by atoms with E-state index in [4.69, 9.17) is 15.5 Å². The molecule has 3 aromatic rings. The number of aromatic carboxylic acids is 1. The normalized spacial score (nSPS) is 11.3. The molecule has 10 heteroatoms. The van der Waals surface area contributed by atoms with E-state index in [1.807, 2.05) is 24.3 Å². The largest absolute Gasteiger partial charge is 0.477 e. The lowest BCUT2D eigenvalue weighted by Gasteiger charge is -2.24. The molecular weight excluding hydrogens is 510 g/mol. The van der Waals surface area contributed by atoms with Crippen molar-refractivity contribution in [2.45, 2.75) is 66.7 Å². The van der Waals surface area contributed by atoms with Gasteiger partial charge >= 0.3 is 12.1 Å². The van der Waals surface area contributed by atoms with Gasteiger partial charge in [-0.3, -0.25) is 9.78 Å². The molecule has 5 N–H and O–H groups in total. The van der Waals surface area contributed by atoms with Gasteiger partial charge in [0.15, 0.2) is 0 Å². The highest BCUT2D eigenvalue weighted by Crippen LogP contribution is 2.36. The molecule has 40 heavy (non-hydrogen) atoms. The van der Waals surface area contributed by atoms with Gasteiger partial charge in [-0.1, -0.05) is 44.2 Å². The van der Waals surface area contributed by atoms with E-state index in [1.165, 1.54) is 18.2 Å². The molecule has 0 aliphatic rings. The lowest BCUT2D eigenvalue weighted by atomic mass is 9.92. The molecule has 0 spiro atoms. The molecular formula is C30H37N5O5. The summed E-state index contributed by atoms with van der Waals surface area (Å²) >= 11 is 0. The summed E-state index contributed by atoms with van der Waals surface area (Å²) in [6.07, 6.45) is 0.0597. The molecule has 0 aliphatic carbocycles. The number of carboxylic acid groups (broad SMARTS) is 1. The highest BCUT2D eigenvalue weighted by atomic mass is 16.6. The Kier molecular flexibility index (Phi) is 9.60. The smallest absolute Gasteiger partial charge is 0.407 e. The number of amides is 2. The molecule has 2 heterocycles. The predicted molar refractivity (Wildman–Crippen MR) is 153 cm³/mol. The van der Waals surface area contributed by atoms with E-state index < -0.39 is 23.6 Å².